The molecule has 96 valence electrons. The second-order valence-electron chi connectivity index (χ2n) is 5.56. The first-order valence-corrected chi connectivity index (χ1v) is 6.30. The second-order valence-corrected chi connectivity index (χ2v) is 5.56. The standard InChI is InChI=1S/C12H21N3O2/c1-12(11(13)17)4-5-15(8-12)10(16)7-14-6-9-2-3-9/h9,14H,2-8H2,1H3,(H2,13,17). The lowest BCUT2D eigenvalue weighted by Crippen LogP contribution is -2.41. The fourth-order valence-corrected chi connectivity index (χ4v) is 2.19. The van der Waals surface area contributed by atoms with Crippen LogP contribution in [0.1, 0.15) is 26.2 Å². The molecule has 0 radical (unpaired) electrons. The van der Waals surface area contributed by atoms with Crippen LogP contribution in [0.4, 0.5) is 0 Å². The predicted molar refractivity (Wildman–Crippen MR) is 64.1 cm³/mol. The highest BCUT2D eigenvalue weighted by atomic mass is 16.2. The summed E-state index contributed by atoms with van der Waals surface area (Å²) in [4.78, 5) is 24.9. The van der Waals surface area contributed by atoms with Crippen LogP contribution in [0.25, 0.3) is 0 Å². The maximum absolute atomic E-state index is 11.9. The van der Waals surface area contributed by atoms with Crippen LogP contribution in [0.15, 0.2) is 0 Å². The Bertz CT molecular complexity index is 328. The van der Waals surface area contributed by atoms with Crippen molar-refractivity contribution >= 4 is 11.8 Å². The van der Waals surface area contributed by atoms with Gasteiger partial charge in [-0.1, -0.05) is 0 Å². The Balaban J connectivity index is 1.74. The minimum atomic E-state index is -0.536. The third-order valence-electron chi connectivity index (χ3n) is 3.83. The normalized spacial score (nSPS) is 28.4. The Hall–Kier alpha value is -1.10. The van der Waals surface area contributed by atoms with E-state index < -0.39 is 5.41 Å². The zero-order valence-electron chi connectivity index (χ0n) is 10.4. The minimum Gasteiger partial charge on any atom is -0.369 e. The molecule has 1 heterocycles. The molecule has 2 rings (SSSR count). The van der Waals surface area contributed by atoms with Crippen molar-refractivity contribution in [2.24, 2.45) is 17.1 Å². The van der Waals surface area contributed by atoms with Crippen molar-refractivity contribution in [1.82, 2.24) is 10.2 Å². The molecule has 1 atom stereocenters. The minimum absolute atomic E-state index is 0.0793. The molecule has 0 aromatic rings. The van der Waals surface area contributed by atoms with Crippen molar-refractivity contribution in [2.45, 2.75) is 26.2 Å². The van der Waals surface area contributed by atoms with Gasteiger partial charge in [-0.3, -0.25) is 9.59 Å². The van der Waals surface area contributed by atoms with E-state index in [1.807, 2.05) is 6.92 Å². The summed E-state index contributed by atoms with van der Waals surface area (Å²) in [5.41, 5.74) is 4.81. The molecule has 1 unspecified atom stereocenters. The van der Waals surface area contributed by atoms with E-state index in [4.69, 9.17) is 5.73 Å². The van der Waals surface area contributed by atoms with E-state index in [-0.39, 0.29) is 11.8 Å². The molecule has 1 aliphatic carbocycles. The summed E-state index contributed by atoms with van der Waals surface area (Å²) in [6.07, 6.45) is 3.24. The quantitative estimate of drug-likeness (QED) is 0.692. The van der Waals surface area contributed by atoms with E-state index in [0.717, 1.165) is 12.5 Å². The van der Waals surface area contributed by atoms with Gasteiger partial charge in [0.15, 0.2) is 0 Å². The zero-order chi connectivity index (χ0) is 12.5. The van der Waals surface area contributed by atoms with E-state index in [1.165, 1.54) is 12.8 Å². The molecular weight excluding hydrogens is 218 g/mol. The summed E-state index contributed by atoms with van der Waals surface area (Å²) in [6.45, 7) is 4.26. The maximum atomic E-state index is 11.9. The van der Waals surface area contributed by atoms with Crippen LogP contribution in [0.2, 0.25) is 0 Å². The third kappa shape index (κ3) is 2.97. The number of nitrogens with zero attached hydrogens (tertiary/aromatic N) is 1. The van der Waals surface area contributed by atoms with Gasteiger partial charge in [0.25, 0.3) is 0 Å². The summed E-state index contributed by atoms with van der Waals surface area (Å²) < 4.78 is 0. The number of likely N-dealkylation sites (tertiary alicyclic amines) is 1. The molecule has 5 nitrogen and oxygen atoms in total. The molecule has 0 aromatic heterocycles. The van der Waals surface area contributed by atoms with E-state index in [1.54, 1.807) is 4.90 Å². The first-order chi connectivity index (χ1) is 8.01. The SMILES string of the molecule is CC1(C(N)=O)CCN(C(=O)CNCC2CC2)C1. The van der Waals surface area contributed by atoms with Crippen molar-refractivity contribution in [3.8, 4) is 0 Å². The molecule has 1 saturated carbocycles. The van der Waals surface area contributed by atoms with Crippen molar-refractivity contribution < 1.29 is 9.59 Å². The molecular formula is C12H21N3O2. The Kier molecular flexibility index (Phi) is 3.38. The number of primary amides is 1. The highest BCUT2D eigenvalue weighted by Gasteiger charge is 2.40. The molecule has 1 saturated heterocycles. The molecule has 2 amide bonds. The number of carbonyl (C=O) groups excluding carboxylic acids is 2. The fourth-order valence-electron chi connectivity index (χ4n) is 2.19. The first kappa shape index (κ1) is 12.4. The maximum Gasteiger partial charge on any atom is 0.236 e. The molecule has 1 aliphatic heterocycles. The highest BCUT2D eigenvalue weighted by molar-refractivity contribution is 5.84. The van der Waals surface area contributed by atoms with Crippen LogP contribution in [0, 0.1) is 11.3 Å². The van der Waals surface area contributed by atoms with Gasteiger partial charge in [-0.15, -0.1) is 0 Å². The van der Waals surface area contributed by atoms with Crippen LogP contribution in [-0.4, -0.2) is 42.9 Å². The van der Waals surface area contributed by atoms with Crippen LogP contribution < -0.4 is 11.1 Å². The number of amides is 2. The van der Waals surface area contributed by atoms with Gasteiger partial charge in [-0.25, -0.2) is 0 Å². The third-order valence-corrected chi connectivity index (χ3v) is 3.83. The molecule has 3 N–H and O–H groups in total. The van der Waals surface area contributed by atoms with Gasteiger partial charge in [0.1, 0.15) is 0 Å². The summed E-state index contributed by atoms with van der Waals surface area (Å²) in [5.74, 6) is 0.548. The molecule has 0 bridgehead atoms. The Morgan fingerprint density at radius 3 is 2.71 bits per heavy atom. The van der Waals surface area contributed by atoms with E-state index in [9.17, 15) is 9.59 Å². The van der Waals surface area contributed by atoms with Crippen LogP contribution in [0.5, 0.6) is 0 Å². The average molecular weight is 239 g/mol. The fraction of sp³-hybridized carbons (Fsp3) is 0.833. The van der Waals surface area contributed by atoms with Gasteiger partial charge in [0.05, 0.1) is 12.0 Å². The van der Waals surface area contributed by atoms with Crippen LogP contribution in [-0.2, 0) is 9.59 Å². The van der Waals surface area contributed by atoms with E-state index in [0.29, 0.717) is 26.1 Å². The number of hydrogen-bond acceptors (Lipinski definition) is 3. The average Bonchev–Trinajstić information content (AvgIpc) is 3.00. The molecule has 2 fully saturated rings. The van der Waals surface area contributed by atoms with Crippen molar-refractivity contribution in [1.29, 1.82) is 0 Å². The van der Waals surface area contributed by atoms with Gasteiger partial charge >= 0.3 is 0 Å². The number of nitrogens with two attached hydrogens (primary N) is 1. The van der Waals surface area contributed by atoms with Gasteiger partial charge in [-0.05, 0) is 38.6 Å². The van der Waals surface area contributed by atoms with Gasteiger partial charge < -0.3 is 16.0 Å². The van der Waals surface area contributed by atoms with Gasteiger partial charge in [-0.2, -0.15) is 0 Å². The lowest BCUT2D eigenvalue weighted by atomic mass is 9.89. The second kappa shape index (κ2) is 4.64. The number of carbonyl (C=O) groups is 2. The summed E-state index contributed by atoms with van der Waals surface area (Å²) >= 11 is 0. The number of rotatable bonds is 5. The molecule has 5 heteroatoms. The predicted octanol–water partition coefficient (Wildman–Crippen LogP) is -0.290. The van der Waals surface area contributed by atoms with Crippen LogP contribution >= 0.6 is 0 Å². The van der Waals surface area contributed by atoms with Crippen LogP contribution in [0.3, 0.4) is 0 Å². The van der Waals surface area contributed by atoms with E-state index in [2.05, 4.69) is 5.32 Å². The van der Waals surface area contributed by atoms with Gasteiger partial charge in [0, 0.05) is 13.1 Å². The Labute approximate surface area is 102 Å². The molecule has 0 spiro atoms. The Morgan fingerprint density at radius 2 is 2.18 bits per heavy atom. The van der Waals surface area contributed by atoms with Crippen molar-refractivity contribution in [3.05, 3.63) is 0 Å². The van der Waals surface area contributed by atoms with E-state index >= 15 is 0 Å². The first-order valence-electron chi connectivity index (χ1n) is 6.30. The summed E-state index contributed by atoms with van der Waals surface area (Å²) in [5, 5.41) is 3.17. The molecule has 0 aromatic carbocycles. The zero-order valence-corrected chi connectivity index (χ0v) is 10.4. The molecule has 2 aliphatic rings. The topological polar surface area (TPSA) is 75.4 Å². The monoisotopic (exact) mass is 239 g/mol. The summed E-state index contributed by atoms with van der Waals surface area (Å²) in [7, 11) is 0. The lowest BCUT2D eigenvalue weighted by Gasteiger charge is -2.21. The lowest BCUT2D eigenvalue weighted by molar-refractivity contribution is -0.130. The Morgan fingerprint density at radius 1 is 1.47 bits per heavy atom. The largest absolute Gasteiger partial charge is 0.369 e. The van der Waals surface area contributed by atoms with Crippen molar-refractivity contribution in [3.63, 3.8) is 0 Å². The van der Waals surface area contributed by atoms with Gasteiger partial charge in [0.2, 0.25) is 11.8 Å². The molecule has 17 heavy (non-hydrogen) atoms. The number of hydrogen-bond donors (Lipinski definition) is 2. The highest BCUT2D eigenvalue weighted by Crippen LogP contribution is 2.29. The smallest absolute Gasteiger partial charge is 0.236 e. The summed E-state index contributed by atoms with van der Waals surface area (Å²) in [6, 6.07) is 0. The number of nitrogens with one attached hydrogen (secondary N) is 1. The van der Waals surface area contributed by atoms with Crippen molar-refractivity contribution in [2.75, 3.05) is 26.2 Å².